The molecule has 1 fully saturated rings. The number of aliphatic hydroxyl groups excluding tert-OH is 2. The molecule has 3 N–H and O–H groups in total. The molecule has 5 heteroatoms. The Morgan fingerprint density at radius 3 is 2.03 bits per heavy atom. The van der Waals surface area contributed by atoms with Gasteiger partial charge in [-0.3, -0.25) is 9.69 Å². The molecule has 2 unspecified atom stereocenters. The van der Waals surface area contributed by atoms with Gasteiger partial charge in [0.05, 0.1) is 17.6 Å². The van der Waals surface area contributed by atoms with Crippen molar-refractivity contribution in [3.8, 4) is 0 Å². The largest absolute Gasteiger partial charge is 0.481 e. The summed E-state index contributed by atoms with van der Waals surface area (Å²) in [4.78, 5) is 14.0. The number of carboxylic acid groups (broad SMARTS) is 1. The highest BCUT2D eigenvalue weighted by Crippen LogP contribution is 2.36. The molecule has 1 heterocycles. The van der Waals surface area contributed by atoms with Gasteiger partial charge in [-0.1, -0.05) is 84.9 Å². The van der Waals surface area contributed by atoms with Crippen LogP contribution >= 0.6 is 0 Å². The number of carboxylic acids is 1. The third-order valence-corrected chi connectivity index (χ3v) is 7.91. The SMILES string of the molecule is CC(C)(C(=O)O)c1ccc([C@H](O)CCCN2CCC(O)CC2C(c2ccccc2)c2ccccc2)cc1. The number of piperidine rings is 1. The van der Waals surface area contributed by atoms with Crippen molar-refractivity contribution in [3.63, 3.8) is 0 Å². The van der Waals surface area contributed by atoms with Gasteiger partial charge < -0.3 is 15.3 Å². The van der Waals surface area contributed by atoms with Crippen molar-refractivity contribution < 1.29 is 20.1 Å². The molecule has 0 spiro atoms. The fourth-order valence-electron chi connectivity index (χ4n) is 5.51. The summed E-state index contributed by atoms with van der Waals surface area (Å²) in [5, 5.41) is 30.9. The van der Waals surface area contributed by atoms with Crippen molar-refractivity contribution in [1.29, 1.82) is 0 Å². The second kappa shape index (κ2) is 12.0. The lowest BCUT2D eigenvalue weighted by Crippen LogP contribution is -2.48. The van der Waals surface area contributed by atoms with E-state index in [1.807, 2.05) is 24.3 Å². The van der Waals surface area contributed by atoms with Crippen LogP contribution in [-0.2, 0) is 10.2 Å². The predicted octanol–water partition coefficient (Wildman–Crippen LogP) is 5.52. The molecule has 37 heavy (non-hydrogen) atoms. The third kappa shape index (κ3) is 6.48. The fourth-order valence-corrected chi connectivity index (χ4v) is 5.51. The van der Waals surface area contributed by atoms with Crippen molar-refractivity contribution in [3.05, 3.63) is 107 Å². The van der Waals surface area contributed by atoms with Gasteiger partial charge in [0.1, 0.15) is 0 Å². The minimum Gasteiger partial charge on any atom is -0.481 e. The highest BCUT2D eigenvalue weighted by atomic mass is 16.4. The van der Waals surface area contributed by atoms with E-state index in [0.29, 0.717) is 6.42 Å². The molecule has 1 aliphatic heterocycles. The lowest BCUT2D eigenvalue weighted by atomic mass is 9.79. The minimum absolute atomic E-state index is 0.160. The van der Waals surface area contributed by atoms with E-state index < -0.39 is 17.5 Å². The van der Waals surface area contributed by atoms with Crippen LogP contribution in [0.3, 0.4) is 0 Å². The van der Waals surface area contributed by atoms with Gasteiger partial charge in [-0.15, -0.1) is 0 Å². The van der Waals surface area contributed by atoms with E-state index in [1.165, 1.54) is 11.1 Å². The summed E-state index contributed by atoms with van der Waals surface area (Å²) in [7, 11) is 0. The summed E-state index contributed by atoms with van der Waals surface area (Å²) in [5.41, 5.74) is 3.07. The van der Waals surface area contributed by atoms with E-state index in [9.17, 15) is 20.1 Å². The second-order valence-electron chi connectivity index (χ2n) is 10.8. The maximum atomic E-state index is 11.5. The Labute approximate surface area is 220 Å². The highest BCUT2D eigenvalue weighted by Gasteiger charge is 2.35. The van der Waals surface area contributed by atoms with Crippen LogP contribution in [-0.4, -0.2) is 51.4 Å². The van der Waals surface area contributed by atoms with Crippen LogP contribution in [0.4, 0.5) is 0 Å². The van der Waals surface area contributed by atoms with Gasteiger partial charge in [0.25, 0.3) is 0 Å². The van der Waals surface area contributed by atoms with Gasteiger partial charge in [0, 0.05) is 18.5 Å². The van der Waals surface area contributed by atoms with Crippen LogP contribution in [0.15, 0.2) is 84.9 Å². The number of rotatable bonds is 10. The minimum atomic E-state index is -0.967. The average Bonchev–Trinajstić information content (AvgIpc) is 2.91. The standard InChI is InChI=1S/C32H39NO4/c1-32(2,31(36)37)26-17-15-23(16-18-26)29(35)14-9-20-33-21-19-27(34)22-28(33)30(24-10-5-3-6-11-24)25-12-7-4-8-13-25/h3-8,10-13,15-18,27-30,34-35H,9,14,19-22H2,1-2H3,(H,36,37)/t27?,28?,29-/m1/s1. The Morgan fingerprint density at radius 2 is 1.49 bits per heavy atom. The van der Waals surface area contributed by atoms with E-state index in [1.54, 1.807) is 26.0 Å². The second-order valence-corrected chi connectivity index (χ2v) is 10.8. The van der Waals surface area contributed by atoms with Crippen molar-refractivity contribution >= 4 is 5.97 Å². The average molecular weight is 502 g/mol. The first kappa shape index (κ1) is 27.1. The number of likely N-dealkylation sites (tertiary alicyclic amines) is 1. The molecule has 196 valence electrons. The lowest BCUT2D eigenvalue weighted by Gasteiger charge is -2.43. The normalized spacial score (nSPS) is 19.6. The molecule has 0 radical (unpaired) electrons. The van der Waals surface area contributed by atoms with E-state index >= 15 is 0 Å². The maximum absolute atomic E-state index is 11.5. The Kier molecular flexibility index (Phi) is 8.80. The zero-order valence-corrected chi connectivity index (χ0v) is 21.8. The molecule has 5 nitrogen and oxygen atoms in total. The van der Waals surface area contributed by atoms with Gasteiger partial charge in [-0.05, 0) is 68.3 Å². The van der Waals surface area contributed by atoms with Crippen LogP contribution in [0.2, 0.25) is 0 Å². The number of aliphatic hydroxyl groups is 2. The molecule has 0 bridgehead atoms. The zero-order chi connectivity index (χ0) is 26.4. The molecule has 3 aromatic carbocycles. The predicted molar refractivity (Wildman–Crippen MR) is 147 cm³/mol. The molecule has 0 aromatic heterocycles. The van der Waals surface area contributed by atoms with Crippen molar-refractivity contribution in [1.82, 2.24) is 4.90 Å². The molecular formula is C32H39NO4. The molecule has 1 saturated heterocycles. The van der Waals surface area contributed by atoms with E-state index in [2.05, 4.69) is 53.4 Å². The molecule has 0 amide bonds. The van der Waals surface area contributed by atoms with Gasteiger partial charge >= 0.3 is 5.97 Å². The summed E-state index contributed by atoms with van der Waals surface area (Å²) in [6.45, 7) is 5.04. The van der Waals surface area contributed by atoms with Gasteiger partial charge in [0.15, 0.2) is 0 Å². The number of carbonyl (C=O) groups is 1. The molecule has 4 rings (SSSR count). The summed E-state index contributed by atoms with van der Waals surface area (Å²) in [6.07, 6.45) is 2.01. The van der Waals surface area contributed by atoms with Crippen molar-refractivity contribution in [2.24, 2.45) is 0 Å². The van der Waals surface area contributed by atoms with Crippen LogP contribution in [0.25, 0.3) is 0 Å². The first-order chi connectivity index (χ1) is 17.8. The van der Waals surface area contributed by atoms with Crippen molar-refractivity contribution in [2.45, 2.75) is 69.1 Å². The van der Waals surface area contributed by atoms with Crippen LogP contribution in [0.5, 0.6) is 0 Å². The van der Waals surface area contributed by atoms with Crippen LogP contribution < -0.4 is 0 Å². The van der Waals surface area contributed by atoms with Gasteiger partial charge in [-0.2, -0.15) is 0 Å². The fraction of sp³-hybridized carbons (Fsp3) is 0.406. The Hall–Kier alpha value is -2.99. The maximum Gasteiger partial charge on any atom is 0.313 e. The number of aliphatic carboxylic acids is 1. The Bertz CT molecular complexity index is 1090. The van der Waals surface area contributed by atoms with E-state index in [-0.39, 0.29) is 18.1 Å². The van der Waals surface area contributed by atoms with Gasteiger partial charge in [0.2, 0.25) is 0 Å². The number of hydrogen-bond acceptors (Lipinski definition) is 4. The lowest BCUT2D eigenvalue weighted by molar-refractivity contribution is -0.142. The van der Waals surface area contributed by atoms with Gasteiger partial charge in [-0.25, -0.2) is 0 Å². The van der Waals surface area contributed by atoms with E-state index in [4.69, 9.17) is 0 Å². The molecule has 0 aliphatic carbocycles. The molecule has 3 atom stereocenters. The Balaban J connectivity index is 1.45. The summed E-state index contributed by atoms with van der Waals surface area (Å²) in [5.74, 6) is -0.710. The molecule has 3 aromatic rings. The summed E-state index contributed by atoms with van der Waals surface area (Å²) in [6, 6.07) is 28.5. The molecule has 1 aliphatic rings. The quantitative estimate of drug-likeness (QED) is 0.341. The first-order valence-corrected chi connectivity index (χ1v) is 13.3. The topological polar surface area (TPSA) is 81.0 Å². The number of nitrogens with zero attached hydrogens (tertiary/aromatic N) is 1. The molecular weight excluding hydrogens is 462 g/mol. The van der Waals surface area contributed by atoms with E-state index in [0.717, 1.165) is 43.5 Å². The number of hydrogen-bond donors (Lipinski definition) is 3. The van der Waals surface area contributed by atoms with Crippen molar-refractivity contribution in [2.75, 3.05) is 13.1 Å². The van der Waals surface area contributed by atoms with Crippen LogP contribution in [0, 0.1) is 0 Å². The molecule has 0 saturated carbocycles. The summed E-state index contributed by atoms with van der Waals surface area (Å²) >= 11 is 0. The zero-order valence-electron chi connectivity index (χ0n) is 21.8. The smallest absolute Gasteiger partial charge is 0.313 e. The summed E-state index contributed by atoms with van der Waals surface area (Å²) < 4.78 is 0. The third-order valence-electron chi connectivity index (χ3n) is 7.91. The van der Waals surface area contributed by atoms with Crippen LogP contribution in [0.1, 0.15) is 73.8 Å². The number of benzene rings is 3. The Morgan fingerprint density at radius 1 is 0.919 bits per heavy atom. The highest BCUT2D eigenvalue weighted by molar-refractivity contribution is 5.80. The monoisotopic (exact) mass is 501 g/mol. The first-order valence-electron chi connectivity index (χ1n) is 13.3.